The third-order valence-corrected chi connectivity index (χ3v) is 5.36. The van der Waals surface area contributed by atoms with Crippen LogP contribution in [-0.4, -0.2) is 35.5 Å². The van der Waals surface area contributed by atoms with Crippen LogP contribution in [0.5, 0.6) is 5.75 Å². The van der Waals surface area contributed by atoms with Gasteiger partial charge in [-0.25, -0.2) is 0 Å². The van der Waals surface area contributed by atoms with E-state index >= 15 is 0 Å². The summed E-state index contributed by atoms with van der Waals surface area (Å²) >= 11 is 1.69. The van der Waals surface area contributed by atoms with Crippen LogP contribution in [0.1, 0.15) is 30.6 Å². The van der Waals surface area contributed by atoms with Crippen molar-refractivity contribution in [3.8, 4) is 5.75 Å². The highest BCUT2D eigenvalue weighted by molar-refractivity contribution is 7.09. The van der Waals surface area contributed by atoms with Gasteiger partial charge in [-0.2, -0.15) is 0 Å². The summed E-state index contributed by atoms with van der Waals surface area (Å²) in [6.45, 7) is 0.840. The standard InChI is InChI=1S/C19H23N3O3S/c23-17(21-10-11-25-15-3-1-9-20-14-15)5-7-19(8-6-18(24)22-19)13-16-4-2-12-26-16/h1-4,9,12,14H,5-8,10-11,13H2,(H,21,23)(H,22,24)/t19-/m1/s1. The number of carbonyl (C=O) groups excluding carboxylic acids is 2. The predicted molar refractivity (Wildman–Crippen MR) is 100 cm³/mol. The van der Waals surface area contributed by atoms with E-state index in [-0.39, 0.29) is 17.4 Å². The van der Waals surface area contributed by atoms with Gasteiger partial charge in [0.2, 0.25) is 11.8 Å². The number of rotatable bonds is 9. The fourth-order valence-electron chi connectivity index (χ4n) is 3.16. The van der Waals surface area contributed by atoms with Crippen LogP contribution in [0.25, 0.3) is 0 Å². The van der Waals surface area contributed by atoms with Crippen LogP contribution >= 0.6 is 11.3 Å². The molecule has 0 saturated carbocycles. The first-order valence-corrected chi connectivity index (χ1v) is 9.66. The molecule has 2 aromatic heterocycles. The Balaban J connectivity index is 1.42. The van der Waals surface area contributed by atoms with Gasteiger partial charge in [0.15, 0.2) is 0 Å². The van der Waals surface area contributed by atoms with E-state index in [1.807, 2.05) is 17.5 Å². The molecule has 138 valence electrons. The normalized spacial score (nSPS) is 19.2. The van der Waals surface area contributed by atoms with Crippen molar-refractivity contribution in [1.82, 2.24) is 15.6 Å². The zero-order valence-electron chi connectivity index (χ0n) is 14.6. The van der Waals surface area contributed by atoms with Gasteiger partial charge in [-0.3, -0.25) is 14.6 Å². The molecule has 0 spiro atoms. The van der Waals surface area contributed by atoms with Gasteiger partial charge in [-0.1, -0.05) is 6.07 Å². The van der Waals surface area contributed by atoms with E-state index in [2.05, 4.69) is 21.7 Å². The Labute approximate surface area is 157 Å². The lowest BCUT2D eigenvalue weighted by Crippen LogP contribution is -2.44. The van der Waals surface area contributed by atoms with Crippen molar-refractivity contribution in [2.75, 3.05) is 13.2 Å². The summed E-state index contributed by atoms with van der Waals surface area (Å²) < 4.78 is 5.51. The highest BCUT2D eigenvalue weighted by Gasteiger charge is 2.38. The Morgan fingerprint density at radius 2 is 2.31 bits per heavy atom. The molecule has 3 rings (SSSR count). The van der Waals surface area contributed by atoms with Crippen molar-refractivity contribution >= 4 is 23.2 Å². The highest BCUT2D eigenvalue weighted by Crippen LogP contribution is 2.30. The van der Waals surface area contributed by atoms with Crippen LogP contribution in [0.3, 0.4) is 0 Å². The number of carbonyl (C=O) groups is 2. The molecule has 0 aliphatic carbocycles. The first-order valence-electron chi connectivity index (χ1n) is 8.78. The average Bonchev–Trinajstić information content (AvgIpc) is 3.28. The van der Waals surface area contributed by atoms with Crippen molar-refractivity contribution in [3.05, 3.63) is 46.9 Å². The number of nitrogens with one attached hydrogen (secondary N) is 2. The van der Waals surface area contributed by atoms with Gasteiger partial charge in [0.05, 0.1) is 12.7 Å². The van der Waals surface area contributed by atoms with E-state index in [0.29, 0.717) is 38.2 Å². The molecular weight excluding hydrogens is 350 g/mol. The molecule has 1 saturated heterocycles. The zero-order valence-corrected chi connectivity index (χ0v) is 15.4. The first kappa shape index (κ1) is 18.4. The molecule has 0 bridgehead atoms. The van der Waals surface area contributed by atoms with E-state index in [1.165, 1.54) is 4.88 Å². The molecule has 2 aromatic rings. The van der Waals surface area contributed by atoms with Gasteiger partial charge in [0.1, 0.15) is 12.4 Å². The number of ether oxygens (including phenoxy) is 1. The minimum Gasteiger partial charge on any atom is -0.490 e. The summed E-state index contributed by atoms with van der Waals surface area (Å²) in [5, 5.41) is 8.01. The Morgan fingerprint density at radius 3 is 3.00 bits per heavy atom. The monoisotopic (exact) mass is 373 g/mol. The van der Waals surface area contributed by atoms with Gasteiger partial charge in [0.25, 0.3) is 0 Å². The topological polar surface area (TPSA) is 80.3 Å². The molecule has 1 atom stereocenters. The molecule has 0 aromatic carbocycles. The lowest BCUT2D eigenvalue weighted by Gasteiger charge is -2.28. The quantitative estimate of drug-likeness (QED) is 0.661. The molecule has 3 heterocycles. The molecular formula is C19H23N3O3S. The van der Waals surface area contributed by atoms with Crippen LogP contribution in [-0.2, 0) is 16.0 Å². The Bertz CT molecular complexity index is 721. The minimum atomic E-state index is -0.300. The number of hydrogen-bond acceptors (Lipinski definition) is 5. The molecule has 2 amide bonds. The summed E-state index contributed by atoms with van der Waals surface area (Å²) in [5.74, 6) is 0.739. The van der Waals surface area contributed by atoms with Crippen molar-refractivity contribution in [2.45, 2.75) is 37.6 Å². The Morgan fingerprint density at radius 1 is 1.38 bits per heavy atom. The predicted octanol–water partition coefficient (Wildman–Crippen LogP) is 2.31. The number of nitrogens with zero attached hydrogens (tertiary/aromatic N) is 1. The summed E-state index contributed by atoms with van der Waals surface area (Å²) in [6, 6.07) is 7.72. The summed E-state index contributed by atoms with van der Waals surface area (Å²) in [5.41, 5.74) is -0.300. The van der Waals surface area contributed by atoms with E-state index < -0.39 is 0 Å². The molecule has 1 aliphatic rings. The fraction of sp³-hybridized carbons (Fsp3) is 0.421. The third kappa shape index (κ3) is 5.29. The summed E-state index contributed by atoms with van der Waals surface area (Å²) in [6.07, 6.45) is 6.45. The molecule has 26 heavy (non-hydrogen) atoms. The maximum atomic E-state index is 12.1. The van der Waals surface area contributed by atoms with Crippen LogP contribution in [0.15, 0.2) is 42.0 Å². The third-order valence-electron chi connectivity index (χ3n) is 4.49. The summed E-state index contributed by atoms with van der Waals surface area (Å²) in [4.78, 5) is 29.1. The van der Waals surface area contributed by atoms with E-state index in [4.69, 9.17) is 4.74 Å². The largest absolute Gasteiger partial charge is 0.490 e. The molecule has 7 heteroatoms. The Kier molecular flexibility index (Phi) is 6.22. The maximum Gasteiger partial charge on any atom is 0.220 e. The molecule has 1 fully saturated rings. The van der Waals surface area contributed by atoms with Crippen LogP contribution in [0, 0.1) is 0 Å². The number of aromatic nitrogens is 1. The number of pyridine rings is 1. The number of thiophene rings is 1. The molecule has 0 radical (unpaired) electrons. The van der Waals surface area contributed by atoms with E-state index in [1.54, 1.807) is 29.8 Å². The minimum absolute atomic E-state index is 0.0218. The lowest BCUT2D eigenvalue weighted by atomic mass is 9.87. The van der Waals surface area contributed by atoms with Gasteiger partial charge in [-0.05, 0) is 36.4 Å². The van der Waals surface area contributed by atoms with Crippen molar-refractivity contribution in [1.29, 1.82) is 0 Å². The first-order chi connectivity index (χ1) is 12.7. The van der Waals surface area contributed by atoms with Crippen LogP contribution in [0.4, 0.5) is 0 Å². The number of amides is 2. The fourth-order valence-corrected chi connectivity index (χ4v) is 4.01. The van der Waals surface area contributed by atoms with Crippen molar-refractivity contribution in [3.63, 3.8) is 0 Å². The average molecular weight is 373 g/mol. The van der Waals surface area contributed by atoms with Gasteiger partial charge >= 0.3 is 0 Å². The zero-order chi connectivity index (χ0) is 18.2. The molecule has 1 aliphatic heterocycles. The second-order valence-corrected chi connectivity index (χ2v) is 7.50. The number of hydrogen-bond donors (Lipinski definition) is 2. The second kappa shape index (κ2) is 8.80. The van der Waals surface area contributed by atoms with Crippen LogP contribution < -0.4 is 15.4 Å². The maximum absolute atomic E-state index is 12.1. The molecule has 6 nitrogen and oxygen atoms in total. The smallest absolute Gasteiger partial charge is 0.220 e. The van der Waals surface area contributed by atoms with Gasteiger partial charge < -0.3 is 15.4 Å². The van der Waals surface area contributed by atoms with Crippen molar-refractivity contribution < 1.29 is 14.3 Å². The Hall–Kier alpha value is -2.41. The highest BCUT2D eigenvalue weighted by atomic mass is 32.1. The van der Waals surface area contributed by atoms with Gasteiger partial charge in [-0.15, -0.1) is 11.3 Å². The second-order valence-electron chi connectivity index (χ2n) is 6.47. The lowest BCUT2D eigenvalue weighted by molar-refractivity contribution is -0.122. The molecule has 2 N–H and O–H groups in total. The van der Waals surface area contributed by atoms with E-state index in [9.17, 15) is 9.59 Å². The summed E-state index contributed by atoms with van der Waals surface area (Å²) in [7, 11) is 0. The van der Waals surface area contributed by atoms with E-state index in [0.717, 1.165) is 12.8 Å². The van der Waals surface area contributed by atoms with Gasteiger partial charge in [0, 0.05) is 35.9 Å². The molecule has 0 unspecified atom stereocenters. The SMILES string of the molecule is O=C(CC[C@]1(Cc2cccs2)CCC(=O)N1)NCCOc1cccnc1. The van der Waals surface area contributed by atoms with Crippen LogP contribution in [0.2, 0.25) is 0 Å². The van der Waals surface area contributed by atoms with Crippen molar-refractivity contribution in [2.24, 2.45) is 0 Å².